The molecule has 1 saturated heterocycles. The van der Waals surface area contributed by atoms with Crippen LogP contribution in [0.4, 0.5) is 0 Å². The molecule has 2 aromatic rings. The Kier molecular flexibility index (Phi) is 3.09. The van der Waals surface area contributed by atoms with Crippen molar-refractivity contribution in [3.8, 4) is 11.5 Å². The van der Waals surface area contributed by atoms with Crippen LogP contribution in [0.1, 0.15) is 35.7 Å². The molecule has 0 radical (unpaired) electrons. The molecule has 1 N–H and O–H groups in total. The average molecular weight is 288 g/mol. The number of aromatic nitrogens is 1. The maximum atomic E-state index is 6.00. The third kappa shape index (κ3) is 2.17. The highest BCUT2D eigenvalue weighted by Gasteiger charge is 2.26. The zero-order chi connectivity index (χ0) is 13.4. The molecule has 2 atom stereocenters. The van der Waals surface area contributed by atoms with Crippen molar-refractivity contribution in [2.24, 2.45) is 0 Å². The van der Waals surface area contributed by atoms with Crippen molar-refractivity contribution >= 4 is 11.3 Å². The molecule has 2 aliphatic heterocycles. The first-order valence-corrected chi connectivity index (χ1v) is 7.85. The SMILES string of the molecule is c1ccc2c(c1)OCC(c1nc(C3CCCN3)cs1)O2. The molecule has 1 aromatic carbocycles. The van der Waals surface area contributed by atoms with Crippen molar-refractivity contribution in [3.63, 3.8) is 0 Å². The highest BCUT2D eigenvalue weighted by Crippen LogP contribution is 2.37. The minimum atomic E-state index is -0.0925. The van der Waals surface area contributed by atoms with Gasteiger partial charge in [-0.15, -0.1) is 11.3 Å². The number of benzene rings is 1. The van der Waals surface area contributed by atoms with E-state index in [1.54, 1.807) is 11.3 Å². The van der Waals surface area contributed by atoms with E-state index in [1.807, 2.05) is 24.3 Å². The summed E-state index contributed by atoms with van der Waals surface area (Å²) in [6.07, 6.45) is 2.31. The Balaban J connectivity index is 1.54. The molecule has 0 bridgehead atoms. The molecule has 5 heteroatoms. The van der Waals surface area contributed by atoms with E-state index in [1.165, 1.54) is 12.8 Å². The molecule has 20 heavy (non-hydrogen) atoms. The number of fused-ring (bicyclic) bond motifs is 1. The Morgan fingerprint density at radius 2 is 2.15 bits per heavy atom. The molecular formula is C15H16N2O2S. The smallest absolute Gasteiger partial charge is 0.184 e. The van der Waals surface area contributed by atoms with Gasteiger partial charge in [-0.25, -0.2) is 4.98 Å². The van der Waals surface area contributed by atoms with Crippen LogP contribution < -0.4 is 14.8 Å². The molecule has 1 fully saturated rings. The number of nitrogens with zero attached hydrogens (tertiary/aromatic N) is 1. The van der Waals surface area contributed by atoms with Crippen molar-refractivity contribution in [1.29, 1.82) is 0 Å². The number of hydrogen-bond acceptors (Lipinski definition) is 5. The van der Waals surface area contributed by atoms with Gasteiger partial charge in [-0.2, -0.15) is 0 Å². The van der Waals surface area contributed by atoms with Crippen LogP contribution in [-0.4, -0.2) is 18.1 Å². The first-order chi connectivity index (χ1) is 9.90. The van der Waals surface area contributed by atoms with Crippen LogP contribution in [0, 0.1) is 0 Å². The summed E-state index contributed by atoms with van der Waals surface area (Å²) in [5.41, 5.74) is 1.14. The normalized spacial score (nSPS) is 24.8. The number of ether oxygens (including phenoxy) is 2. The van der Waals surface area contributed by atoms with Gasteiger partial charge >= 0.3 is 0 Å². The highest BCUT2D eigenvalue weighted by molar-refractivity contribution is 7.09. The highest BCUT2D eigenvalue weighted by atomic mass is 32.1. The van der Waals surface area contributed by atoms with Gasteiger partial charge in [0.25, 0.3) is 0 Å². The Morgan fingerprint density at radius 1 is 1.25 bits per heavy atom. The van der Waals surface area contributed by atoms with Crippen molar-refractivity contribution in [2.75, 3.05) is 13.2 Å². The lowest BCUT2D eigenvalue weighted by molar-refractivity contribution is 0.0909. The van der Waals surface area contributed by atoms with Crippen molar-refractivity contribution in [1.82, 2.24) is 10.3 Å². The Morgan fingerprint density at radius 3 is 3.00 bits per heavy atom. The monoisotopic (exact) mass is 288 g/mol. The zero-order valence-electron chi connectivity index (χ0n) is 11.0. The van der Waals surface area contributed by atoms with Crippen LogP contribution in [0.3, 0.4) is 0 Å². The molecule has 4 rings (SSSR count). The van der Waals surface area contributed by atoms with Crippen LogP contribution >= 0.6 is 11.3 Å². The maximum absolute atomic E-state index is 6.00. The molecule has 4 nitrogen and oxygen atoms in total. The molecule has 2 unspecified atom stereocenters. The minimum Gasteiger partial charge on any atom is -0.485 e. The van der Waals surface area contributed by atoms with Crippen molar-refractivity contribution in [2.45, 2.75) is 25.0 Å². The Bertz CT molecular complexity index is 607. The zero-order valence-corrected chi connectivity index (χ0v) is 11.9. The van der Waals surface area contributed by atoms with Crippen molar-refractivity contribution in [3.05, 3.63) is 40.3 Å². The number of hydrogen-bond donors (Lipinski definition) is 1. The fourth-order valence-corrected chi connectivity index (χ4v) is 3.57. The van der Waals surface area contributed by atoms with Crippen LogP contribution in [0.5, 0.6) is 11.5 Å². The second kappa shape index (κ2) is 5.07. The second-order valence-electron chi connectivity index (χ2n) is 5.12. The lowest BCUT2D eigenvalue weighted by atomic mass is 10.2. The predicted molar refractivity (Wildman–Crippen MR) is 77.4 cm³/mol. The maximum Gasteiger partial charge on any atom is 0.184 e. The van der Waals surface area contributed by atoms with E-state index in [0.29, 0.717) is 12.6 Å². The van der Waals surface area contributed by atoms with Crippen LogP contribution in [-0.2, 0) is 0 Å². The number of thiazole rings is 1. The summed E-state index contributed by atoms with van der Waals surface area (Å²) < 4.78 is 11.7. The van der Waals surface area contributed by atoms with Gasteiger partial charge in [0.1, 0.15) is 11.6 Å². The minimum absolute atomic E-state index is 0.0925. The summed E-state index contributed by atoms with van der Waals surface area (Å²) >= 11 is 1.66. The summed E-state index contributed by atoms with van der Waals surface area (Å²) in [4.78, 5) is 4.74. The number of rotatable bonds is 2. The quantitative estimate of drug-likeness (QED) is 0.922. The molecule has 0 amide bonds. The number of para-hydroxylation sites is 2. The van der Waals surface area contributed by atoms with E-state index < -0.39 is 0 Å². The standard InChI is InChI=1S/C15H16N2O2S/c1-2-6-13-12(5-1)18-8-14(19-13)15-17-11(9-20-15)10-4-3-7-16-10/h1-2,5-6,9-10,14,16H,3-4,7-8H2. The largest absolute Gasteiger partial charge is 0.485 e. The van der Waals surface area contributed by atoms with Gasteiger partial charge in [0.2, 0.25) is 0 Å². The van der Waals surface area contributed by atoms with Gasteiger partial charge in [-0.3, -0.25) is 0 Å². The molecule has 2 aliphatic rings. The predicted octanol–water partition coefficient (Wildman–Crippen LogP) is 3.08. The Hall–Kier alpha value is -1.59. The van der Waals surface area contributed by atoms with Crippen LogP contribution in [0.2, 0.25) is 0 Å². The lowest BCUT2D eigenvalue weighted by Crippen LogP contribution is -2.21. The van der Waals surface area contributed by atoms with E-state index in [9.17, 15) is 0 Å². The lowest BCUT2D eigenvalue weighted by Gasteiger charge is -2.24. The van der Waals surface area contributed by atoms with E-state index in [0.717, 1.165) is 28.7 Å². The molecule has 0 spiro atoms. The van der Waals surface area contributed by atoms with Gasteiger partial charge in [0, 0.05) is 5.38 Å². The van der Waals surface area contributed by atoms with E-state index in [4.69, 9.17) is 14.5 Å². The van der Waals surface area contributed by atoms with Crippen molar-refractivity contribution < 1.29 is 9.47 Å². The Labute approximate surface area is 121 Å². The fraction of sp³-hybridized carbons (Fsp3) is 0.400. The first-order valence-electron chi connectivity index (χ1n) is 6.97. The second-order valence-corrected chi connectivity index (χ2v) is 6.01. The fourth-order valence-electron chi connectivity index (χ4n) is 2.69. The third-order valence-corrected chi connectivity index (χ3v) is 4.70. The summed E-state index contributed by atoms with van der Waals surface area (Å²) in [7, 11) is 0. The molecule has 1 aromatic heterocycles. The van der Waals surface area contributed by atoms with E-state index in [-0.39, 0.29) is 6.10 Å². The van der Waals surface area contributed by atoms with Crippen LogP contribution in [0.15, 0.2) is 29.6 Å². The third-order valence-electron chi connectivity index (χ3n) is 3.74. The molecule has 0 aliphatic carbocycles. The van der Waals surface area contributed by atoms with Gasteiger partial charge in [-0.1, -0.05) is 12.1 Å². The molecule has 104 valence electrons. The topological polar surface area (TPSA) is 43.4 Å². The van der Waals surface area contributed by atoms with Gasteiger partial charge < -0.3 is 14.8 Å². The summed E-state index contributed by atoms with van der Waals surface area (Å²) in [5, 5.41) is 6.62. The van der Waals surface area contributed by atoms with Gasteiger partial charge in [0.05, 0.1) is 11.7 Å². The summed E-state index contributed by atoms with van der Waals surface area (Å²) in [6, 6.07) is 8.20. The molecule has 3 heterocycles. The first kappa shape index (κ1) is 12.2. The molecule has 0 saturated carbocycles. The summed E-state index contributed by atoms with van der Waals surface area (Å²) in [5.74, 6) is 1.62. The van der Waals surface area contributed by atoms with Gasteiger partial charge in [-0.05, 0) is 31.5 Å². The molecular weight excluding hydrogens is 272 g/mol. The summed E-state index contributed by atoms with van der Waals surface area (Å²) in [6.45, 7) is 1.62. The van der Waals surface area contributed by atoms with Crippen LogP contribution in [0.25, 0.3) is 0 Å². The average Bonchev–Trinajstić information content (AvgIpc) is 3.17. The van der Waals surface area contributed by atoms with E-state index >= 15 is 0 Å². The van der Waals surface area contributed by atoms with E-state index in [2.05, 4.69) is 10.7 Å². The number of nitrogens with one attached hydrogen (secondary N) is 1. The van der Waals surface area contributed by atoms with Gasteiger partial charge in [0.15, 0.2) is 17.6 Å².